The van der Waals surface area contributed by atoms with Crippen LogP contribution in [0.2, 0.25) is 0 Å². The number of hydrogen-bond acceptors (Lipinski definition) is 15. The van der Waals surface area contributed by atoms with Gasteiger partial charge in [-0.25, -0.2) is 4.39 Å². The number of primary amides is 1. The monoisotopic (exact) mass is 1220 g/mol. The number of carboxylic acid groups (broad SMARTS) is 1. The van der Waals surface area contributed by atoms with Crippen LogP contribution in [0.3, 0.4) is 0 Å². The molecule has 88 heavy (non-hydrogen) atoms. The molecule has 0 unspecified atom stereocenters. The molecule has 8 amide bonds. The van der Waals surface area contributed by atoms with Crippen molar-refractivity contribution in [1.82, 2.24) is 37.2 Å². The molecule has 0 bridgehead atoms. The van der Waals surface area contributed by atoms with Crippen LogP contribution in [0, 0.1) is 19.7 Å². The molecule has 9 atom stereocenters. The third kappa shape index (κ3) is 22.4. The number of benzene rings is 4. The van der Waals surface area contributed by atoms with Crippen LogP contribution in [0.1, 0.15) is 93.2 Å². The van der Waals surface area contributed by atoms with Gasteiger partial charge in [-0.15, -0.1) is 0 Å². The smallest absolute Gasteiger partial charge is 0.305 e. The molecule has 0 heterocycles. The van der Waals surface area contributed by atoms with E-state index in [1.165, 1.54) is 18.2 Å². The second-order valence-electron chi connectivity index (χ2n) is 21.7. The van der Waals surface area contributed by atoms with Gasteiger partial charge in [-0.2, -0.15) is 0 Å². The number of hydrogen-bond donors (Lipinski definition) is 13. The van der Waals surface area contributed by atoms with Gasteiger partial charge in [0.15, 0.2) is 0 Å². The van der Waals surface area contributed by atoms with Crippen LogP contribution in [-0.4, -0.2) is 154 Å². The number of aryl methyl sites for hydroxylation is 4. The third-order valence-corrected chi connectivity index (χ3v) is 14.2. The molecule has 0 saturated carbocycles. The van der Waals surface area contributed by atoms with E-state index in [0.29, 0.717) is 56.6 Å². The van der Waals surface area contributed by atoms with Crippen molar-refractivity contribution in [3.05, 3.63) is 135 Å². The van der Waals surface area contributed by atoms with Gasteiger partial charge in [0.05, 0.1) is 38.4 Å². The summed E-state index contributed by atoms with van der Waals surface area (Å²) in [4.78, 5) is 124. The normalized spacial score (nSPS) is 14.4. The van der Waals surface area contributed by atoms with Gasteiger partial charge >= 0.3 is 5.97 Å². The lowest BCUT2D eigenvalue weighted by atomic mass is 9.90. The SMILES string of the molecule is CCc1cc(OCCCCN=[N+]=[N-])ccc1-c1ccc(C[C@H](NC(=O)[C@H](CC(=O)O)NC(=O)[C@H](CO)NC(=O)[C@@H](NC(=O)[C@](C)(Cc2ccccc2F)NC(=O)[C@@H](NC(=O)CN)[C@@H](C)O)[C@@H](C)O)C(=O)N[C@@H](CCCc2cc(C)cc(C)c2)C(N)=O)cc1. The fourth-order valence-electron chi connectivity index (χ4n) is 9.58. The highest BCUT2D eigenvalue weighted by Gasteiger charge is 2.42. The average molecular weight is 1230 g/mol. The van der Waals surface area contributed by atoms with Crippen molar-refractivity contribution >= 4 is 53.2 Å². The van der Waals surface area contributed by atoms with E-state index in [0.717, 1.165) is 60.2 Å². The van der Waals surface area contributed by atoms with Gasteiger partial charge < -0.3 is 73.8 Å². The highest BCUT2D eigenvalue weighted by atomic mass is 19.1. The number of carbonyl (C=O) groups excluding carboxylic acids is 8. The third-order valence-electron chi connectivity index (χ3n) is 14.2. The number of rotatable bonds is 36. The lowest BCUT2D eigenvalue weighted by Gasteiger charge is -2.34. The van der Waals surface area contributed by atoms with Crippen molar-refractivity contribution in [2.24, 2.45) is 16.6 Å². The van der Waals surface area contributed by atoms with Crippen LogP contribution >= 0.6 is 0 Å². The standard InChI is InChI=1S/C61H81FN12O14/c1-7-40-29-43(88-24-11-10-23-66-74-65)21-22-44(40)41-19-17-38(18-20-41)28-47(55(82)67-46(54(64)81)16-12-13-39-26-34(2)25-35(3)27-39)68-56(83)48(30-51(79)80)69-57(84)49(33-75)70-58(85)52(36(4)76)72-60(87)61(6,31-42-14-8-9-15-45(42)62)73-59(86)53(37(5)77)71-50(78)32-63/h8-9,14-15,17-22,25-27,29,36-37,46-49,52-53,75-77H,7,10-13,16,23-24,28,30-33,63H2,1-6H3,(H2,64,81)(H,67,82)(H,68,83)(H,69,84)(H,70,85)(H,71,78)(H,72,87)(H,73,86)(H,79,80)/t36-,37-,46+,47+,48+,49+,52+,53+,61+/m1/s1. The summed E-state index contributed by atoms with van der Waals surface area (Å²) in [6, 6.07) is 13.3. The summed E-state index contributed by atoms with van der Waals surface area (Å²) in [7, 11) is 0. The summed E-state index contributed by atoms with van der Waals surface area (Å²) in [6.45, 7) is 8.21. The molecule has 26 nitrogen and oxygen atoms in total. The Labute approximate surface area is 509 Å². The molecule has 0 aliphatic carbocycles. The molecule has 27 heteroatoms. The molecular weight excluding hydrogens is 1140 g/mol. The molecule has 0 radical (unpaired) electrons. The minimum Gasteiger partial charge on any atom is -0.494 e. The summed E-state index contributed by atoms with van der Waals surface area (Å²) in [5.74, 6) is -10.7. The van der Waals surface area contributed by atoms with E-state index >= 15 is 4.39 Å². The molecule has 0 spiro atoms. The number of carboxylic acids is 1. The van der Waals surface area contributed by atoms with Crippen molar-refractivity contribution in [2.75, 3.05) is 26.3 Å². The number of aliphatic carboxylic acids is 1. The molecule has 0 aliphatic heterocycles. The van der Waals surface area contributed by atoms with Crippen LogP contribution in [0.25, 0.3) is 21.6 Å². The Kier molecular flexibility index (Phi) is 28.4. The molecule has 15 N–H and O–H groups in total. The van der Waals surface area contributed by atoms with Crippen LogP contribution in [-0.2, 0) is 68.8 Å². The van der Waals surface area contributed by atoms with Crippen molar-refractivity contribution in [1.29, 1.82) is 0 Å². The zero-order chi connectivity index (χ0) is 65.3. The summed E-state index contributed by atoms with van der Waals surface area (Å²) < 4.78 is 21.0. The quantitative estimate of drug-likeness (QED) is 0.0133. The minimum absolute atomic E-state index is 0.0977. The molecule has 0 saturated heterocycles. The first kappa shape index (κ1) is 71.5. The fourth-order valence-corrected chi connectivity index (χ4v) is 9.58. The molecule has 0 aliphatic rings. The zero-order valence-electron chi connectivity index (χ0n) is 50.1. The number of carbonyl (C=O) groups is 9. The maximum absolute atomic E-state index is 15.1. The van der Waals surface area contributed by atoms with Crippen molar-refractivity contribution in [3.63, 3.8) is 0 Å². The van der Waals surface area contributed by atoms with E-state index in [4.69, 9.17) is 21.7 Å². The molecule has 476 valence electrons. The number of nitrogens with one attached hydrogen (secondary N) is 7. The highest BCUT2D eigenvalue weighted by Crippen LogP contribution is 2.29. The Morgan fingerprint density at radius 3 is 1.91 bits per heavy atom. The number of aliphatic hydroxyl groups is 3. The fraction of sp³-hybridized carbons (Fsp3) is 0.459. The van der Waals surface area contributed by atoms with E-state index in [2.05, 4.69) is 47.2 Å². The summed E-state index contributed by atoms with van der Waals surface area (Å²) >= 11 is 0. The molecule has 0 aromatic heterocycles. The molecule has 0 fully saturated rings. The first-order chi connectivity index (χ1) is 41.7. The first-order valence-electron chi connectivity index (χ1n) is 28.7. The summed E-state index contributed by atoms with van der Waals surface area (Å²) in [5, 5.41) is 61.5. The molecular formula is C61H81FN12O14. The van der Waals surface area contributed by atoms with Gasteiger partial charge in [-0.1, -0.05) is 89.9 Å². The van der Waals surface area contributed by atoms with E-state index in [1.807, 2.05) is 57.2 Å². The highest BCUT2D eigenvalue weighted by molar-refractivity contribution is 5.99. The molecule has 4 rings (SSSR count). The Hall–Kier alpha value is -9.01. The number of nitrogens with two attached hydrogens (primary N) is 2. The molecule has 4 aromatic carbocycles. The summed E-state index contributed by atoms with van der Waals surface area (Å²) in [6.07, 6.45) is -2.29. The van der Waals surface area contributed by atoms with Gasteiger partial charge in [-0.3, -0.25) is 43.2 Å². The second kappa shape index (κ2) is 35.0. The van der Waals surface area contributed by atoms with Crippen LogP contribution < -0.4 is 53.4 Å². The Balaban J connectivity index is 1.60. The lowest BCUT2D eigenvalue weighted by Crippen LogP contribution is -2.67. The van der Waals surface area contributed by atoms with E-state index in [1.54, 1.807) is 24.3 Å². The first-order valence-corrected chi connectivity index (χ1v) is 28.7. The van der Waals surface area contributed by atoms with E-state index in [-0.39, 0.29) is 18.4 Å². The van der Waals surface area contributed by atoms with Crippen molar-refractivity contribution in [3.8, 4) is 16.9 Å². The molecule has 4 aromatic rings. The summed E-state index contributed by atoms with van der Waals surface area (Å²) in [5.41, 5.74) is 23.6. The Morgan fingerprint density at radius 1 is 0.716 bits per heavy atom. The number of ether oxygens (including phenoxy) is 1. The number of nitrogens with zero attached hydrogens (tertiary/aromatic N) is 3. The van der Waals surface area contributed by atoms with E-state index < -0.39 is 139 Å². The number of aliphatic hydroxyl groups excluding tert-OH is 3. The van der Waals surface area contributed by atoms with Gasteiger partial charge in [-0.05, 0) is 130 Å². The lowest BCUT2D eigenvalue weighted by molar-refractivity contribution is -0.142. The number of unbranched alkanes of at least 4 members (excludes halogenated alkanes) is 1. The van der Waals surface area contributed by atoms with Crippen LogP contribution in [0.15, 0.2) is 90.0 Å². The second-order valence-corrected chi connectivity index (χ2v) is 21.7. The topological polar surface area (TPSA) is 429 Å². The maximum atomic E-state index is 15.1. The predicted octanol–water partition coefficient (Wildman–Crippen LogP) is 1.41. The van der Waals surface area contributed by atoms with Gasteiger partial charge in [0.2, 0.25) is 47.3 Å². The number of halogens is 1. The van der Waals surface area contributed by atoms with Gasteiger partial charge in [0.1, 0.15) is 53.4 Å². The number of amides is 8. The van der Waals surface area contributed by atoms with Gasteiger partial charge in [0, 0.05) is 24.3 Å². The zero-order valence-corrected chi connectivity index (χ0v) is 50.1. The van der Waals surface area contributed by atoms with Crippen molar-refractivity contribution in [2.45, 2.75) is 153 Å². The predicted molar refractivity (Wildman–Crippen MR) is 322 cm³/mol. The van der Waals surface area contributed by atoms with Crippen LogP contribution in [0.5, 0.6) is 5.75 Å². The van der Waals surface area contributed by atoms with E-state index in [9.17, 15) is 63.6 Å². The minimum atomic E-state index is -2.22. The van der Waals surface area contributed by atoms with Gasteiger partial charge in [0.25, 0.3) is 0 Å². The Morgan fingerprint density at radius 2 is 1.32 bits per heavy atom. The van der Waals surface area contributed by atoms with Crippen LogP contribution in [0.4, 0.5) is 4.39 Å². The Bertz CT molecular complexity index is 3120. The van der Waals surface area contributed by atoms with Crippen molar-refractivity contribution < 1.29 is 72.7 Å². The number of azide groups is 1. The average Bonchev–Trinajstić information content (AvgIpc) is 2.62. The maximum Gasteiger partial charge on any atom is 0.305 e. The largest absolute Gasteiger partial charge is 0.494 e.